The number of likely N-dealkylation sites (tertiary alicyclic amines) is 2. The van der Waals surface area contributed by atoms with Crippen molar-refractivity contribution in [2.24, 2.45) is 5.92 Å². The van der Waals surface area contributed by atoms with E-state index in [9.17, 15) is 31.1 Å². The molecule has 2 saturated heterocycles. The van der Waals surface area contributed by atoms with Gasteiger partial charge in [-0.1, -0.05) is 30.7 Å². The molecule has 3 nitrogen and oxygen atoms in total. The molecule has 184 valence electrons. The van der Waals surface area contributed by atoms with Crippen LogP contribution >= 0.6 is 0 Å². The molecular formula is C25H26F6N2O. The van der Waals surface area contributed by atoms with Gasteiger partial charge in [0, 0.05) is 31.1 Å². The maximum atomic E-state index is 13.3. The minimum Gasteiger partial charge on any atom is -0.338 e. The minimum absolute atomic E-state index is 0.0729. The standard InChI is InChI=1S/C25H26F6N2O/c26-24(27,28)20-8-4-6-17(12-20)22-16-33(15-19(22)14-32-10-2-1-3-11-32)23(34)18-7-5-9-21(13-18)25(29,30)31/h4-9,12-13,19,22H,1-3,10-11,14-16H2/t19-,22+/m0/s1. The Kier molecular flexibility index (Phi) is 6.94. The van der Waals surface area contributed by atoms with Crippen molar-refractivity contribution in [1.29, 1.82) is 0 Å². The van der Waals surface area contributed by atoms with Crippen molar-refractivity contribution in [2.75, 3.05) is 32.7 Å². The van der Waals surface area contributed by atoms with Gasteiger partial charge >= 0.3 is 12.4 Å². The van der Waals surface area contributed by atoms with Crippen molar-refractivity contribution in [1.82, 2.24) is 9.80 Å². The van der Waals surface area contributed by atoms with Crippen LogP contribution in [0, 0.1) is 5.92 Å². The molecule has 2 aromatic carbocycles. The number of hydrogen-bond donors (Lipinski definition) is 0. The van der Waals surface area contributed by atoms with E-state index in [-0.39, 0.29) is 30.5 Å². The second-order valence-corrected chi connectivity index (χ2v) is 9.14. The van der Waals surface area contributed by atoms with Gasteiger partial charge in [-0.2, -0.15) is 26.3 Å². The maximum absolute atomic E-state index is 13.3. The van der Waals surface area contributed by atoms with Crippen LogP contribution in [-0.4, -0.2) is 48.4 Å². The molecule has 0 saturated carbocycles. The highest BCUT2D eigenvalue weighted by Gasteiger charge is 2.39. The quantitative estimate of drug-likeness (QED) is 0.492. The summed E-state index contributed by atoms with van der Waals surface area (Å²) < 4.78 is 79.3. The molecule has 0 aliphatic carbocycles. The largest absolute Gasteiger partial charge is 0.416 e. The van der Waals surface area contributed by atoms with Gasteiger partial charge in [0.2, 0.25) is 0 Å². The van der Waals surface area contributed by atoms with Crippen LogP contribution in [0.25, 0.3) is 0 Å². The van der Waals surface area contributed by atoms with Crippen molar-refractivity contribution in [3.63, 3.8) is 0 Å². The molecular weight excluding hydrogens is 458 g/mol. The molecule has 0 unspecified atom stereocenters. The van der Waals surface area contributed by atoms with Crippen LogP contribution in [0.5, 0.6) is 0 Å². The summed E-state index contributed by atoms with van der Waals surface area (Å²) in [6.45, 7) is 2.87. The van der Waals surface area contributed by atoms with Gasteiger partial charge in [-0.05, 0) is 61.7 Å². The van der Waals surface area contributed by atoms with Crippen molar-refractivity contribution >= 4 is 5.91 Å². The summed E-state index contributed by atoms with van der Waals surface area (Å²) in [5.41, 5.74) is -1.23. The average Bonchev–Trinajstić information content (AvgIpc) is 3.22. The monoisotopic (exact) mass is 484 g/mol. The lowest BCUT2D eigenvalue weighted by atomic mass is 9.87. The summed E-state index contributed by atoms with van der Waals surface area (Å²) >= 11 is 0. The maximum Gasteiger partial charge on any atom is 0.416 e. The Morgan fingerprint density at radius 3 is 2.09 bits per heavy atom. The van der Waals surface area contributed by atoms with Crippen LogP contribution in [0.3, 0.4) is 0 Å². The van der Waals surface area contributed by atoms with Crippen molar-refractivity contribution in [3.8, 4) is 0 Å². The number of carbonyl (C=O) groups is 1. The number of carbonyl (C=O) groups excluding carboxylic acids is 1. The predicted octanol–water partition coefficient (Wildman–Crippen LogP) is 6.07. The van der Waals surface area contributed by atoms with E-state index in [1.54, 1.807) is 6.07 Å². The molecule has 9 heteroatoms. The highest BCUT2D eigenvalue weighted by atomic mass is 19.4. The zero-order valence-corrected chi connectivity index (χ0v) is 18.5. The topological polar surface area (TPSA) is 23.6 Å². The molecule has 0 bridgehead atoms. The smallest absolute Gasteiger partial charge is 0.338 e. The number of halogens is 6. The Labute approximate surface area is 194 Å². The molecule has 0 radical (unpaired) electrons. The van der Waals surface area contributed by atoms with Gasteiger partial charge in [-0.15, -0.1) is 0 Å². The van der Waals surface area contributed by atoms with Gasteiger partial charge in [-0.25, -0.2) is 0 Å². The SMILES string of the molecule is O=C(c1cccc(C(F)(F)F)c1)N1C[C@H](CN2CCCCC2)[C@@H](c2cccc(C(F)(F)F)c2)C1. The molecule has 2 atom stereocenters. The summed E-state index contributed by atoms with van der Waals surface area (Å²) in [5, 5.41) is 0. The van der Waals surface area contributed by atoms with Crippen LogP contribution in [0.4, 0.5) is 26.3 Å². The summed E-state index contributed by atoms with van der Waals surface area (Å²) in [6.07, 6.45) is -5.82. The van der Waals surface area contributed by atoms with E-state index in [0.29, 0.717) is 12.1 Å². The van der Waals surface area contributed by atoms with E-state index in [2.05, 4.69) is 4.90 Å². The fourth-order valence-electron chi connectivity index (χ4n) is 5.03. The molecule has 2 aliphatic rings. The number of rotatable bonds is 4. The number of amides is 1. The second kappa shape index (κ2) is 9.60. The highest BCUT2D eigenvalue weighted by Crippen LogP contribution is 2.38. The van der Waals surface area contributed by atoms with Crippen molar-refractivity contribution in [2.45, 2.75) is 37.5 Å². The van der Waals surface area contributed by atoms with Gasteiger partial charge in [-0.3, -0.25) is 4.79 Å². The zero-order valence-electron chi connectivity index (χ0n) is 18.5. The van der Waals surface area contributed by atoms with E-state index in [1.165, 1.54) is 23.1 Å². The molecule has 1 amide bonds. The molecule has 2 aromatic rings. The third-order valence-electron chi connectivity index (χ3n) is 6.75. The lowest BCUT2D eigenvalue weighted by Crippen LogP contribution is -2.36. The second-order valence-electron chi connectivity index (χ2n) is 9.14. The van der Waals surface area contributed by atoms with Gasteiger partial charge in [0.15, 0.2) is 0 Å². The van der Waals surface area contributed by atoms with E-state index in [4.69, 9.17) is 0 Å². The van der Waals surface area contributed by atoms with E-state index in [0.717, 1.165) is 56.6 Å². The third kappa shape index (κ3) is 5.56. The summed E-state index contributed by atoms with van der Waals surface area (Å²) in [6, 6.07) is 9.44. The fraction of sp³-hybridized carbons (Fsp3) is 0.480. The highest BCUT2D eigenvalue weighted by molar-refractivity contribution is 5.94. The Bertz CT molecular complexity index is 1010. The van der Waals surface area contributed by atoms with Crippen LogP contribution in [0.2, 0.25) is 0 Å². The number of hydrogen-bond acceptors (Lipinski definition) is 2. The Morgan fingerprint density at radius 2 is 1.44 bits per heavy atom. The molecule has 2 heterocycles. The number of benzene rings is 2. The first kappa shape index (κ1) is 24.6. The van der Waals surface area contributed by atoms with Crippen molar-refractivity contribution < 1.29 is 31.1 Å². The first-order valence-corrected chi connectivity index (χ1v) is 11.4. The molecule has 2 aliphatic heterocycles. The van der Waals surface area contributed by atoms with E-state index >= 15 is 0 Å². The fourth-order valence-corrected chi connectivity index (χ4v) is 5.03. The van der Waals surface area contributed by atoms with E-state index < -0.39 is 29.4 Å². The van der Waals surface area contributed by atoms with Gasteiger partial charge in [0.25, 0.3) is 5.91 Å². The number of alkyl halides is 6. The lowest BCUT2D eigenvalue weighted by Gasteiger charge is -2.31. The molecule has 34 heavy (non-hydrogen) atoms. The first-order valence-electron chi connectivity index (χ1n) is 11.4. The van der Waals surface area contributed by atoms with Crippen LogP contribution < -0.4 is 0 Å². The zero-order chi connectivity index (χ0) is 24.5. The average molecular weight is 484 g/mol. The Morgan fingerprint density at radius 1 is 0.824 bits per heavy atom. The summed E-state index contributed by atoms with van der Waals surface area (Å²) in [5.74, 6) is -0.987. The van der Waals surface area contributed by atoms with Crippen LogP contribution in [0.15, 0.2) is 48.5 Å². The number of piperidine rings is 1. The van der Waals surface area contributed by atoms with E-state index in [1.807, 2.05) is 0 Å². The molecule has 0 N–H and O–H groups in total. The number of nitrogens with zero attached hydrogens (tertiary/aromatic N) is 2. The normalized spacial score (nSPS) is 22.2. The molecule has 4 rings (SSSR count). The predicted molar refractivity (Wildman–Crippen MR) is 115 cm³/mol. The van der Waals surface area contributed by atoms with Crippen LogP contribution in [0.1, 0.15) is 52.2 Å². The molecule has 0 aromatic heterocycles. The molecule has 2 fully saturated rings. The Balaban J connectivity index is 1.60. The Hall–Kier alpha value is -2.55. The summed E-state index contributed by atoms with van der Waals surface area (Å²) in [4.78, 5) is 16.9. The lowest BCUT2D eigenvalue weighted by molar-refractivity contribution is -0.138. The minimum atomic E-state index is -4.57. The third-order valence-corrected chi connectivity index (χ3v) is 6.75. The van der Waals surface area contributed by atoms with Gasteiger partial charge in [0.05, 0.1) is 11.1 Å². The van der Waals surface area contributed by atoms with Crippen molar-refractivity contribution in [3.05, 3.63) is 70.8 Å². The summed E-state index contributed by atoms with van der Waals surface area (Å²) in [7, 11) is 0. The molecule has 0 spiro atoms. The first-order chi connectivity index (χ1) is 16.0. The van der Waals surface area contributed by atoms with Gasteiger partial charge in [0.1, 0.15) is 0 Å². The van der Waals surface area contributed by atoms with Gasteiger partial charge < -0.3 is 9.80 Å². The van der Waals surface area contributed by atoms with Crippen LogP contribution in [-0.2, 0) is 12.4 Å².